The molecule has 0 saturated carbocycles. The maximum Gasteiger partial charge on any atom is 0.249 e. The molecule has 0 aromatic carbocycles. The van der Waals surface area contributed by atoms with Crippen LogP contribution in [0.1, 0.15) is 0 Å². The molecule has 4 radical (unpaired) electrons. The molecule has 36 valence electrons. The summed E-state index contributed by atoms with van der Waals surface area (Å²) in [4.78, 5) is 8.44. The van der Waals surface area contributed by atoms with Gasteiger partial charge in [0, 0.05) is 118 Å². The largest absolute Gasteiger partial charge is 0.565 e. The third-order valence-corrected chi connectivity index (χ3v) is 0. The van der Waals surface area contributed by atoms with E-state index in [1.54, 1.807) is 0 Å². The van der Waals surface area contributed by atoms with Gasteiger partial charge in [-0.2, -0.15) is 0 Å². The SMILES string of the molecule is O=C([O-])O.[NH4+].[Na].[Na].[Na].[Na]. The first-order chi connectivity index (χ1) is 1.73. The van der Waals surface area contributed by atoms with Gasteiger partial charge in [-0.3, -0.25) is 0 Å². The Labute approximate surface area is 142 Å². The molecule has 4 nitrogen and oxygen atoms in total. The third kappa shape index (κ3) is 91.7. The van der Waals surface area contributed by atoms with E-state index in [9.17, 15) is 0 Å². The number of hydrogen-bond donors (Lipinski definition) is 2. The Morgan fingerprint density at radius 1 is 1.11 bits per heavy atom. The fourth-order valence-corrected chi connectivity index (χ4v) is 0. The molecule has 0 spiro atoms. The topological polar surface area (TPSA) is 96.9 Å². The Bertz CT molecular complexity index is 38.8. The van der Waals surface area contributed by atoms with E-state index >= 15 is 0 Å². The first-order valence-electron chi connectivity index (χ1n) is 0.632. The van der Waals surface area contributed by atoms with Crippen molar-refractivity contribution in [2.75, 3.05) is 0 Å². The van der Waals surface area contributed by atoms with Crippen LogP contribution in [0.15, 0.2) is 0 Å². The van der Waals surface area contributed by atoms with E-state index in [1.165, 1.54) is 0 Å². The molecule has 0 aromatic heterocycles. The van der Waals surface area contributed by atoms with Gasteiger partial charge >= 0.3 is 0 Å². The summed E-state index contributed by atoms with van der Waals surface area (Å²) in [6.07, 6.45) is -2.08. The third-order valence-electron chi connectivity index (χ3n) is 0. The van der Waals surface area contributed by atoms with E-state index < -0.39 is 6.16 Å². The van der Waals surface area contributed by atoms with Crippen molar-refractivity contribution in [3.8, 4) is 0 Å². The fraction of sp³-hybridized carbons (Fsp3) is 0. The predicted molar refractivity (Wildman–Crippen MR) is 37.0 cm³/mol. The fourth-order valence-electron chi connectivity index (χ4n) is 0. The van der Waals surface area contributed by atoms with Gasteiger partial charge in [0.2, 0.25) is 6.16 Å². The zero-order chi connectivity index (χ0) is 3.58. The van der Waals surface area contributed by atoms with Crippen molar-refractivity contribution < 1.29 is 15.0 Å². The van der Waals surface area contributed by atoms with Crippen molar-refractivity contribution >= 4 is 124 Å². The molecule has 9 heavy (non-hydrogen) atoms. The molecule has 0 amide bonds. The summed E-state index contributed by atoms with van der Waals surface area (Å²) in [6.45, 7) is 0. The van der Waals surface area contributed by atoms with Gasteiger partial charge in [0.05, 0.1) is 0 Å². The van der Waals surface area contributed by atoms with Crippen molar-refractivity contribution in [3.05, 3.63) is 0 Å². The molecular weight excluding hydrogens is 166 g/mol. The second-order valence-corrected chi connectivity index (χ2v) is 0.266. The molecule has 0 aliphatic rings. The summed E-state index contributed by atoms with van der Waals surface area (Å²) >= 11 is 0. The van der Waals surface area contributed by atoms with Crippen molar-refractivity contribution in [2.45, 2.75) is 0 Å². The van der Waals surface area contributed by atoms with Crippen LogP contribution >= 0.6 is 0 Å². The maximum absolute atomic E-state index is 8.44. The van der Waals surface area contributed by atoms with Gasteiger partial charge in [0.1, 0.15) is 0 Å². The minimum Gasteiger partial charge on any atom is -0.565 e. The Morgan fingerprint density at radius 3 is 1.11 bits per heavy atom. The summed E-state index contributed by atoms with van der Waals surface area (Å²) in [5.41, 5.74) is 0. The number of carboxylic acid groups (broad SMARTS) is 2. The van der Waals surface area contributed by atoms with Crippen molar-refractivity contribution in [1.29, 1.82) is 0 Å². The normalized spacial score (nSPS) is 2.67. The quantitative estimate of drug-likeness (QED) is 0.402. The molecule has 0 rings (SSSR count). The zero-order valence-corrected chi connectivity index (χ0v) is 14.8. The average Bonchev–Trinajstić information content (AvgIpc) is 0.811. The molecule has 0 aromatic rings. The second-order valence-electron chi connectivity index (χ2n) is 0.266. The molecule has 0 heterocycles. The van der Waals surface area contributed by atoms with Crippen LogP contribution < -0.4 is 11.3 Å². The first-order valence-corrected chi connectivity index (χ1v) is 0.632. The van der Waals surface area contributed by atoms with Crippen molar-refractivity contribution in [3.63, 3.8) is 0 Å². The monoisotopic (exact) mass is 171 g/mol. The van der Waals surface area contributed by atoms with Crippen LogP contribution in [0.5, 0.6) is 0 Å². The van der Waals surface area contributed by atoms with Crippen LogP contribution in [0.25, 0.3) is 0 Å². The van der Waals surface area contributed by atoms with Crippen molar-refractivity contribution in [2.24, 2.45) is 0 Å². The first kappa shape index (κ1) is 39.7. The van der Waals surface area contributed by atoms with Gasteiger partial charge in [0.15, 0.2) is 0 Å². The second kappa shape index (κ2) is 30.3. The van der Waals surface area contributed by atoms with Gasteiger partial charge in [-0.25, -0.2) is 0 Å². The van der Waals surface area contributed by atoms with Crippen LogP contribution in [0.3, 0.4) is 0 Å². The Balaban J connectivity index is -0.00000000450. The standard InChI is InChI=1S/CH2O3.H3N.4Na/c2-1(3)4;;;;;/h(H2,2,3,4);1H3;;;;. The van der Waals surface area contributed by atoms with Crippen LogP contribution in [0.2, 0.25) is 0 Å². The minimum absolute atomic E-state index is 0. The molecule has 0 saturated heterocycles. The molecule has 0 aliphatic heterocycles. The Hall–Kier alpha value is 3.23. The van der Waals surface area contributed by atoms with Gasteiger partial charge in [0.25, 0.3) is 0 Å². The van der Waals surface area contributed by atoms with E-state index in [0.29, 0.717) is 0 Å². The maximum atomic E-state index is 8.44. The summed E-state index contributed by atoms with van der Waals surface area (Å²) < 4.78 is 0. The number of hydrogen-bond acceptors (Lipinski definition) is 2. The molecule has 5 N–H and O–H groups in total. The number of carbonyl (C=O) groups is 1. The zero-order valence-electron chi connectivity index (χ0n) is 6.76. The Kier molecular flexibility index (Phi) is 134. The summed E-state index contributed by atoms with van der Waals surface area (Å²) in [5.74, 6) is 0. The van der Waals surface area contributed by atoms with Crippen LogP contribution in [-0.2, 0) is 0 Å². The molecule has 8 heteroatoms. The minimum atomic E-state index is -2.08. The Morgan fingerprint density at radius 2 is 1.11 bits per heavy atom. The van der Waals surface area contributed by atoms with E-state index in [4.69, 9.17) is 15.0 Å². The molecule has 0 bridgehead atoms. The van der Waals surface area contributed by atoms with Gasteiger partial charge < -0.3 is 21.2 Å². The molecular formula is CH5NNa4O3. The summed E-state index contributed by atoms with van der Waals surface area (Å²) in [7, 11) is 0. The molecule has 0 aliphatic carbocycles. The number of rotatable bonds is 0. The van der Waals surface area contributed by atoms with E-state index in [1.807, 2.05) is 0 Å². The smallest absolute Gasteiger partial charge is 0.249 e. The summed E-state index contributed by atoms with van der Waals surface area (Å²) in [6, 6.07) is 0. The van der Waals surface area contributed by atoms with Crippen LogP contribution in [-0.4, -0.2) is 129 Å². The molecule has 0 atom stereocenters. The van der Waals surface area contributed by atoms with Crippen LogP contribution in [0.4, 0.5) is 4.79 Å². The van der Waals surface area contributed by atoms with E-state index in [2.05, 4.69) is 0 Å². The number of quaternary nitrogens is 1. The van der Waals surface area contributed by atoms with Crippen LogP contribution in [0, 0.1) is 0 Å². The average molecular weight is 171 g/mol. The summed E-state index contributed by atoms with van der Waals surface area (Å²) in [5, 5.41) is 15.3. The van der Waals surface area contributed by atoms with Crippen molar-refractivity contribution in [1.82, 2.24) is 6.15 Å². The molecule has 0 unspecified atom stereocenters. The van der Waals surface area contributed by atoms with Gasteiger partial charge in [-0.15, -0.1) is 0 Å². The van der Waals surface area contributed by atoms with Gasteiger partial charge in [-0.1, -0.05) is 0 Å². The van der Waals surface area contributed by atoms with E-state index in [-0.39, 0.29) is 124 Å². The predicted octanol–water partition coefficient (Wildman–Crippen LogP) is -2.26. The van der Waals surface area contributed by atoms with Gasteiger partial charge in [-0.05, 0) is 0 Å². The molecule has 0 fully saturated rings. The van der Waals surface area contributed by atoms with E-state index in [0.717, 1.165) is 0 Å².